The van der Waals surface area contributed by atoms with E-state index in [4.69, 9.17) is 0 Å². The molecule has 0 saturated heterocycles. The SMILES string of the molecule is Cc1ccc([S+](CC(=O)c2ccccc2)c2ccc(C)cc2)cc1.FC(F)(F)c1cc([B-](c2cc(C(F)(F)F)cc(C(F)(F)F)c2)(c2cc(C(F)(F)F)cc(C(F)(F)F)c2)c2cc(C(F)(F)F)cc(C(F)(F)F)c2)cc(C(F)(F)F)c1. The summed E-state index contributed by atoms with van der Waals surface area (Å²) in [6, 6.07) is 17.8. The molecule has 0 unspecified atom stereocenters. The van der Waals surface area contributed by atoms with Crippen LogP contribution in [-0.4, -0.2) is 17.7 Å². The van der Waals surface area contributed by atoms with E-state index in [1.165, 1.54) is 20.9 Å². The molecule has 0 saturated carbocycles. The van der Waals surface area contributed by atoms with E-state index >= 15 is 0 Å². The van der Waals surface area contributed by atoms with Crippen molar-refractivity contribution in [3.63, 3.8) is 0 Å². The molecular formula is C54H33BF24OS. The number of ketones is 1. The molecule has 0 atom stereocenters. The fourth-order valence-electron chi connectivity index (χ4n) is 8.62. The Bertz CT molecular complexity index is 2880. The number of Topliss-reactive ketones (excluding diaryl/α,β-unsaturated/α-hetero) is 1. The second-order valence-corrected chi connectivity index (χ2v) is 20.2. The average Bonchev–Trinajstić information content (AvgIpc) is 3.34. The van der Waals surface area contributed by atoms with Gasteiger partial charge in [-0.15, -0.1) is 0 Å². The molecular weight excluding hydrogens is 1160 g/mol. The lowest BCUT2D eigenvalue weighted by atomic mass is 9.12. The summed E-state index contributed by atoms with van der Waals surface area (Å²) < 4.78 is 341. The van der Waals surface area contributed by atoms with Crippen LogP contribution in [0.2, 0.25) is 0 Å². The number of rotatable bonds is 9. The maximum atomic E-state index is 14.2. The second kappa shape index (κ2) is 22.4. The van der Waals surface area contributed by atoms with Crippen LogP contribution in [0.3, 0.4) is 0 Å². The standard InChI is InChI=1S/C32H12BF24.C22H21OS/c34-25(35,36)13-1-14(26(37,38)39)6-21(5-13)33(22-7-15(27(40,41)42)2-16(8-22)28(43,44)45,23-9-17(29(46,47)48)3-18(10-23)30(49,50)51)24-11-19(31(52,53)54)4-20(12-24)32(55,56)57;1-17-8-12-20(13-9-17)24(21-14-10-18(2)11-15-21)16-22(23)19-6-4-3-5-7-19/h1-12H;3-15H,16H2,1-2H3/q-1;+1. The lowest BCUT2D eigenvalue weighted by Crippen LogP contribution is -2.75. The maximum absolute atomic E-state index is 14.2. The highest BCUT2D eigenvalue weighted by Crippen LogP contribution is 2.42. The van der Waals surface area contributed by atoms with Gasteiger partial charge in [0.2, 0.25) is 5.78 Å². The van der Waals surface area contributed by atoms with E-state index in [0.29, 0.717) is 5.75 Å². The predicted octanol–water partition coefficient (Wildman–Crippen LogP) is 16.4. The minimum atomic E-state index is -6.13. The summed E-state index contributed by atoms with van der Waals surface area (Å²) in [4.78, 5) is 15.2. The Labute approximate surface area is 445 Å². The molecule has 0 aromatic heterocycles. The predicted molar refractivity (Wildman–Crippen MR) is 252 cm³/mol. The first-order valence-corrected chi connectivity index (χ1v) is 24.1. The van der Waals surface area contributed by atoms with E-state index in [-0.39, 0.29) is 16.7 Å². The number of halogens is 24. The molecule has 0 aliphatic carbocycles. The van der Waals surface area contributed by atoms with Crippen molar-refractivity contribution in [3.8, 4) is 0 Å². The molecule has 7 aromatic rings. The number of benzene rings is 7. The summed E-state index contributed by atoms with van der Waals surface area (Å²) in [5, 5.41) is 0. The van der Waals surface area contributed by atoms with Gasteiger partial charge in [-0.25, -0.2) is 0 Å². The van der Waals surface area contributed by atoms with Crippen molar-refractivity contribution in [3.05, 3.63) is 213 Å². The molecule has 0 fully saturated rings. The van der Waals surface area contributed by atoms with Gasteiger partial charge in [0, 0.05) is 5.56 Å². The van der Waals surface area contributed by atoms with Gasteiger partial charge in [-0.1, -0.05) is 114 Å². The zero-order valence-corrected chi connectivity index (χ0v) is 41.4. The lowest BCUT2D eigenvalue weighted by Gasteiger charge is -2.46. The van der Waals surface area contributed by atoms with Crippen molar-refractivity contribution in [1.29, 1.82) is 0 Å². The number of carbonyl (C=O) groups is 1. The summed E-state index contributed by atoms with van der Waals surface area (Å²) in [7, 11) is -0.248. The highest BCUT2D eigenvalue weighted by molar-refractivity contribution is 7.97. The van der Waals surface area contributed by atoms with E-state index in [0.717, 1.165) is 5.56 Å². The number of hydrogen-bond acceptors (Lipinski definition) is 1. The first kappa shape index (κ1) is 63.1. The number of aryl methyl sites for hydroxylation is 2. The molecule has 27 heteroatoms. The first-order chi connectivity index (χ1) is 36.9. The van der Waals surface area contributed by atoms with Crippen LogP contribution in [0, 0.1) is 13.8 Å². The Hall–Kier alpha value is -7.06. The Morgan fingerprint density at radius 2 is 0.531 bits per heavy atom. The summed E-state index contributed by atoms with van der Waals surface area (Å²) in [5.41, 5.74) is -26.9. The third-order valence-electron chi connectivity index (χ3n) is 12.4. The fraction of sp³-hybridized carbons (Fsp3) is 0.204. The smallest absolute Gasteiger partial charge is 0.289 e. The van der Waals surface area contributed by atoms with Crippen LogP contribution in [0.25, 0.3) is 0 Å². The quantitative estimate of drug-likeness (QED) is 0.0609. The Balaban J connectivity index is 0.000000363. The molecule has 0 heterocycles. The molecule has 0 bridgehead atoms. The van der Waals surface area contributed by atoms with Crippen molar-refractivity contribution >= 4 is 44.7 Å². The highest BCUT2D eigenvalue weighted by Gasteiger charge is 2.47. The van der Waals surface area contributed by atoms with E-state index in [9.17, 15) is 110 Å². The van der Waals surface area contributed by atoms with Crippen LogP contribution in [0.4, 0.5) is 105 Å². The Morgan fingerprint density at radius 1 is 0.321 bits per heavy atom. The normalized spacial score (nSPS) is 13.3. The van der Waals surface area contributed by atoms with Crippen LogP contribution < -0.4 is 21.9 Å². The van der Waals surface area contributed by atoms with Crippen LogP contribution in [0.5, 0.6) is 0 Å². The first-order valence-electron chi connectivity index (χ1n) is 22.7. The monoisotopic (exact) mass is 1200 g/mol. The minimum Gasteiger partial charge on any atom is -0.289 e. The lowest BCUT2D eigenvalue weighted by molar-refractivity contribution is -0.144. The fourth-order valence-corrected chi connectivity index (χ4v) is 10.6. The Kier molecular flexibility index (Phi) is 17.4. The number of alkyl halides is 24. The molecule has 0 aliphatic rings. The molecule has 81 heavy (non-hydrogen) atoms. The summed E-state index contributed by atoms with van der Waals surface area (Å²) >= 11 is 0. The maximum Gasteiger partial charge on any atom is 0.416 e. The van der Waals surface area contributed by atoms with E-state index in [1.807, 2.05) is 30.3 Å². The van der Waals surface area contributed by atoms with Crippen molar-refractivity contribution in [2.45, 2.75) is 73.0 Å². The van der Waals surface area contributed by atoms with Crippen molar-refractivity contribution in [2.75, 3.05) is 5.75 Å². The van der Waals surface area contributed by atoms with Crippen molar-refractivity contribution in [1.82, 2.24) is 0 Å². The van der Waals surface area contributed by atoms with Crippen LogP contribution in [0.15, 0.2) is 161 Å². The zero-order valence-electron chi connectivity index (χ0n) is 40.6. The summed E-state index contributed by atoms with van der Waals surface area (Å²) in [6.07, 6.45) is -54.8. The van der Waals surface area contributed by atoms with Gasteiger partial charge in [-0.05, 0) is 62.4 Å². The van der Waals surface area contributed by atoms with Crippen molar-refractivity contribution < 1.29 is 110 Å². The van der Waals surface area contributed by atoms with Gasteiger partial charge in [-0.3, -0.25) is 4.79 Å². The topological polar surface area (TPSA) is 17.1 Å². The van der Waals surface area contributed by atoms with Gasteiger partial charge >= 0.3 is 49.4 Å². The van der Waals surface area contributed by atoms with Gasteiger partial charge < -0.3 is 0 Å². The van der Waals surface area contributed by atoms with E-state index in [1.54, 1.807) is 0 Å². The summed E-state index contributed by atoms with van der Waals surface area (Å²) in [5.74, 6) is 0.705. The van der Waals surface area contributed by atoms with E-state index in [2.05, 4.69) is 62.4 Å². The van der Waals surface area contributed by atoms with E-state index < -0.39 is 195 Å². The van der Waals surface area contributed by atoms with Crippen LogP contribution >= 0.6 is 0 Å². The van der Waals surface area contributed by atoms with Gasteiger partial charge in [0.1, 0.15) is 6.15 Å². The largest absolute Gasteiger partial charge is 0.416 e. The molecule has 432 valence electrons. The summed E-state index contributed by atoms with van der Waals surface area (Å²) in [6.45, 7) is 4.17. The molecule has 0 radical (unpaired) electrons. The molecule has 7 rings (SSSR count). The van der Waals surface area contributed by atoms with Crippen molar-refractivity contribution in [2.24, 2.45) is 0 Å². The minimum absolute atomic E-state index is 0.195. The molecule has 0 spiro atoms. The van der Waals surface area contributed by atoms with Gasteiger partial charge in [-0.2, -0.15) is 127 Å². The third-order valence-corrected chi connectivity index (χ3v) is 14.7. The zero-order chi connectivity index (χ0) is 60.9. The van der Waals surface area contributed by atoms with Gasteiger partial charge in [0.15, 0.2) is 15.5 Å². The molecule has 0 N–H and O–H groups in total. The molecule has 0 amide bonds. The number of hydrogen-bond donors (Lipinski definition) is 0. The molecule has 0 aliphatic heterocycles. The molecule has 7 aromatic carbocycles. The number of carbonyl (C=O) groups excluding carboxylic acids is 1. The molecule has 1 nitrogen and oxygen atoms in total. The second-order valence-electron chi connectivity index (χ2n) is 18.2. The average molecular weight is 1200 g/mol. The highest BCUT2D eigenvalue weighted by atomic mass is 32.2. The Morgan fingerprint density at radius 3 is 0.728 bits per heavy atom. The third kappa shape index (κ3) is 14.9. The van der Waals surface area contributed by atoms with Crippen LogP contribution in [0.1, 0.15) is 66.0 Å². The van der Waals surface area contributed by atoms with Gasteiger partial charge in [0.25, 0.3) is 0 Å². The van der Waals surface area contributed by atoms with Gasteiger partial charge in [0.05, 0.1) is 55.4 Å². The van der Waals surface area contributed by atoms with Crippen LogP contribution in [-0.2, 0) is 60.3 Å².